The zero-order chi connectivity index (χ0) is 25.3. The van der Waals surface area contributed by atoms with Gasteiger partial charge in [0.05, 0.1) is 17.6 Å². The third-order valence-electron chi connectivity index (χ3n) is 6.57. The molecule has 0 aliphatic heterocycles. The van der Waals surface area contributed by atoms with Gasteiger partial charge < -0.3 is 14.2 Å². The summed E-state index contributed by atoms with van der Waals surface area (Å²) >= 11 is 11.9. The number of nitrogens with zero attached hydrogens (tertiary/aromatic N) is 3. The number of fused-ring (bicyclic) bond motifs is 1. The van der Waals surface area contributed by atoms with Gasteiger partial charge >= 0.3 is 5.97 Å². The highest BCUT2D eigenvalue weighted by Gasteiger charge is 2.12. The third kappa shape index (κ3) is 11.0. The molecule has 0 amide bonds. The maximum absolute atomic E-state index is 12.1. The van der Waals surface area contributed by atoms with Crippen LogP contribution in [-0.4, -0.2) is 47.0 Å². The van der Waals surface area contributed by atoms with Gasteiger partial charge in [0.1, 0.15) is 5.82 Å². The Morgan fingerprint density at radius 3 is 2.20 bits per heavy atom. The lowest BCUT2D eigenvalue weighted by molar-refractivity contribution is -0.143. The predicted molar refractivity (Wildman–Crippen MR) is 150 cm³/mol. The summed E-state index contributed by atoms with van der Waals surface area (Å²) in [6, 6.07) is 6.29. The fourth-order valence-corrected chi connectivity index (χ4v) is 4.88. The molecule has 2 rings (SSSR count). The molecule has 5 nitrogen and oxygen atoms in total. The highest BCUT2D eigenvalue weighted by molar-refractivity contribution is 6.18. The van der Waals surface area contributed by atoms with Crippen LogP contribution in [0.4, 0.5) is 5.69 Å². The Hall–Kier alpha value is -1.46. The molecule has 0 unspecified atom stereocenters. The van der Waals surface area contributed by atoms with Crippen LogP contribution in [0.25, 0.3) is 11.0 Å². The number of hydrogen-bond donors (Lipinski definition) is 0. The number of aromatic nitrogens is 2. The number of unbranched alkanes of at least 4 members (excludes halogenated alkanes) is 9. The van der Waals surface area contributed by atoms with Crippen LogP contribution in [0.2, 0.25) is 0 Å². The van der Waals surface area contributed by atoms with E-state index in [1.54, 1.807) is 0 Å². The van der Waals surface area contributed by atoms with E-state index < -0.39 is 0 Å². The quantitative estimate of drug-likeness (QED) is 0.101. The van der Waals surface area contributed by atoms with E-state index in [0.717, 1.165) is 61.3 Å². The second-order valence-corrected chi connectivity index (χ2v) is 10.1. The van der Waals surface area contributed by atoms with Gasteiger partial charge in [-0.1, -0.05) is 64.7 Å². The van der Waals surface area contributed by atoms with Crippen LogP contribution in [0.15, 0.2) is 18.2 Å². The van der Waals surface area contributed by atoms with Crippen LogP contribution in [-0.2, 0) is 23.0 Å². The predicted octanol–water partition coefficient (Wildman–Crippen LogP) is 7.64. The van der Waals surface area contributed by atoms with Crippen molar-refractivity contribution in [2.75, 3.05) is 36.4 Å². The number of benzene rings is 1. The van der Waals surface area contributed by atoms with Crippen molar-refractivity contribution in [1.29, 1.82) is 0 Å². The Kier molecular flexibility index (Phi) is 15.2. The average molecular weight is 527 g/mol. The molecule has 0 aliphatic carbocycles. The summed E-state index contributed by atoms with van der Waals surface area (Å²) in [5.41, 5.74) is 3.13. The number of ether oxygens (including phenoxy) is 1. The summed E-state index contributed by atoms with van der Waals surface area (Å²) in [7, 11) is 2.03. The molecule has 7 heteroatoms. The summed E-state index contributed by atoms with van der Waals surface area (Å²) in [4.78, 5) is 19.1. The first-order valence-electron chi connectivity index (χ1n) is 13.6. The molecule has 0 atom stereocenters. The first-order chi connectivity index (χ1) is 17.1. The summed E-state index contributed by atoms with van der Waals surface area (Å²) in [6.07, 6.45) is 14.7. The van der Waals surface area contributed by atoms with E-state index >= 15 is 0 Å². The molecule has 0 radical (unpaired) electrons. The number of aryl methyl sites for hydroxylation is 2. The molecule has 0 aliphatic rings. The Labute approximate surface area is 222 Å². The maximum atomic E-state index is 12.1. The Balaban J connectivity index is 1.65. The van der Waals surface area contributed by atoms with Gasteiger partial charge in [-0.05, 0) is 31.0 Å². The molecule has 1 aromatic carbocycles. The van der Waals surface area contributed by atoms with Crippen LogP contribution < -0.4 is 4.90 Å². The number of imidazole rings is 1. The standard InChI is InChI=1S/C28H45Cl2N3O2/c1-3-4-5-6-7-8-9-10-11-12-22-35-28(34)15-13-14-27-31-25-23-24(16-17-26(25)32(27)2)33(20-18-29)21-19-30/h16-17,23H,3-15,18-22H2,1-2H3. The van der Waals surface area contributed by atoms with Crippen molar-refractivity contribution in [3.05, 3.63) is 24.0 Å². The van der Waals surface area contributed by atoms with Crippen molar-refractivity contribution >= 4 is 45.9 Å². The minimum absolute atomic E-state index is 0.0974. The molecule has 0 bridgehead atoms. The van der Waals surface area contributed by atoms with E-state index in [9.17, 15) is 4.79 Å². The van der Waals surface area contributed by atoms with Crippen molar-refractivity contribution < 1.29 is 9.53 Å². The largest absolute Gasteiger partial charge is 0.466 e. The molecule has 1 aromatic heterocycles. The Morgan fingerprint density at radius 1 is 0.943 bits per heavy atom. The SMILES string of the molecule is CCCCCCCCCCCCOC(=O)CCCc1nc2cc(N(CCCl)CCCl)ccc2n1C. The summed E-state index contributed by atoms with van der Waals surface area (Å²) in [6.45, 7) is 4.31. The van der Waals surface area contributed by atoms with E-state index in [2.05, 4.69) is 34.6 Å². The fraction of sp³-hybridized carbons (Fsp3) is 0.714. The van der Waals surface area contributed by atoms with Crippen molar-refractivity contribution in [3.8, 4) is 0 Å². The van der Waals surface area contributed by atoms with Gasteiger partial charge in [-0.25, -0.2) is 4.98 Å². The topological polar surface area (TPSA) is 47.4 Å². The molecular formula is C28H45Cl2N3O2. The van der Waals surface area contributed by atoms with Crippen molar-refractivity contribution in [3.63, 3.8) is 0 Å². The van der Waals surface area contributed by atoms with Crippen molar-refractivity contribution in [2.45, 2.75) is 90.4 Å². The summed E-state index contributed by atoms with van der Waals surface area (Å²) in [5, 5.41) is 0. The highest BCUT2D eigenvalue weighted by atomic mass is 35.5. The maximum Gasteiger partial charge on any atom is 0.305 e. The summed E-state index contributed by atoms with van der Waals surface area (Å²) in [5.74, 6) is 2.00. The monoisotopic (exact) mass is 525 g/mol. The third-order valence-corrected chi connectivity index (χ3v) is 6.91. The zero-order valence-electron chi connectivity index (χ0n) is 21.9. The van der Waals surface area contributed by atoms with Gasteiger partial charge in [0.15, 0.2) is 0 Å². The average Bonchev–Trinajstić information content (AvgIpc) is 3.17. The minimum Gasteiger partial charge on any atom is -0.466 e. The number of halogens is 2. The van der Waals surface area contributed by atoms with Gasteiger partial charge in [-0.2, -0.15) is 0 Å². The molecule has 0 spiro atoms. The molecule has 0 fully saturated rings. The number of rotatable bonds is 20. The number of anilines is 1. The van der Waals surface area contributed by atoms with Gasteiger partial charge in [-0.15, -0.1) is 23.2 Å². The summed E-state index contributed by atoms with van der Waals surface area (Å²) < 4.78 is 7.55. The normalized spacial score (nSPS) is 11.3. The van der Waals surface area contributed by atoms with Crippen molar-refractivity contribution in [2.24, 2.45) is 7.05 Å². The number of esters is 1. The van der Waals surface area contributed by atoms with Gasteiger partial charge in [0.2, 0.25) is 0 Å². The zero-order valence-corrected chi connectivity index (χ0v) is 23.4. The second-order valence-electron chi connectivity index (χ2n) is 9.38. The number of carbonyl (C=O) groups excluding carboxylic acids is 1. The first kappa shape index (κ1) is 29.8. The highest BCUT2D eigenvalue weighted by Crippen LogP contribution is 2.23. The molecule has 0 saturated heterocycles. The van der Waals surface area contributed by atoms with Crippen molar-refractivity contribution in [1.82, 2.24) is 9.55 Å². The van der Waals surface area contributed by atoms with Gasteiger partial charge in [-0.3, -0.25) is 4.79 Å². The van der Waals surface area contributed by atoms with Crippen LogP contribution in [0.1, 0.15) is 89.8 Å². The van der Waals surface area contributed by atoms with Gasteiger partial charge in [0.25, 0.3) is 0 Å². The number of carbonyl (C=O) groups is 1. The van der Waals surface area contributed by atoms with Crippen LogP contribution in [0.5, 0.6) is 0 Å². The van der Waals surface area contributed by atoms with E-state index in [4.69, 9.17) is 32.9 Å². The molecular weight excluding hydrogens is 481 g/mol. The van der Waals surface area contributed by atoms with E-state index in [1.807, 2.05) is 7.05 Å². The fourth-order valence-electron chi connectivity index (χ4n) is 4.47. The smallest absolute Gasteiger partial charge is 0.305 e. The molecule has 1 heterocycles. The lowest BCUT2D eigenvalue weighted by Gasteiger charge is -2.22. The lowest BCUT2D eigenvalue weighted by Crippen LogP contribution is -2.27. The Bertz CT molecular complexity index is 850. The van der Waals surface area contributed by atoms with Crippen LogP contribution >= 0.6 is 23.2 Å². The number of hydrogen-bond acceptors (Lipinski definition) is 4. The van der Waals surface area contributed by atoms with E-state index in [1.165, 1.54) is 51.4 Å². The second kappa shape index (κ2) is 17.9. The first-order valence-corrected chi connectivity index (χ1v) is 14.7. The molecule has 2 aromatic rings. The van der Waals surface area contributed by atoms with E-state index in [0.29, 0.717) is 24.8 Å². The molecule has 198 valence electrons. The minimum atomic E-state index is -0.0974. The molecule has 0 N–H and O–H groups in total. The van der Waals surface area contributed by atoms with Crippen LogP contribution in [0, 0.1) is 0 Å². The lowest BCUT2D eigenvalue weighted by atomic mass is 10.1. The van der Waals surface area contributed by atoms with Gasteiger partial charge in [0, 0.05) is 50.4 Å². The van der Waals surface area contributed by atoms with Crippen LogP contribution in [0.3, 0.4) is 0 Å². The van der Waals surface area contributed by atoms with E-state index in [-0.39, 0.29) is 5.97 Å². The molecule has 0 saturated carbocycles. The Morgan fingerprint density at radius 2 is 1.57 bits per heavy atom. The number of alkyl halides is 2. The molecule has 35 heavy (non-hydrogen) atoms.